The number of ether oxygens (including phenoxy) is 1. The Hall–Kier alpha value is -0.0100. The van der Waals surface area contributed by atoms with Gasteiger partial charge in [-0.3, -0.25) is 0 Å². The first-order chi connectivity index (χ1) is 5.27. The van der Waals surface area contributed by atoms with Gasteiger partial charge >= 0.3 is 0 Å². The van der Waals surface area contributed by atoms with Crippen molar-refractivity contribution in [2.24, 2.45) is 5.92 Å². The molecule has 0 aromatic heterocycles. The van der Waals surface area contributed by atoms with Crippen LogP contribution in [0, 0.1) is 5.92 Å². The highest BCUT2D eigenvalue weighted by molar-refractivity contribution is 6.25. The van der Waals surface area contributed by atoms with E-state index in [4.69, 9.17) is 16.3 Å². The van der Waals surface area contributed by atoms with Gasteiger partial charge in [0.15, 0.2) is 0 Å². The molecule has 0 aliphatic carbocycles. The molecule has 11 heavy (non-hydrogen) atoms. The highest BCUT2D eigenvalue weighted by atomic mass is 35.5. The molecule has 0 rings (SSSR count). The van der Waals surface area contributed by atoms with Crippen LogP contribution in [0.5, 0.6) is 0 Å². The standard InChI is InChI=1S/C9H17ClO/c1-9(2)5-3-7-11-8-4-6-10/h4,6,9H,3,5,7-8H2,1-2H3/b6-4+. The zero-order valence-corrected chi connectivity index (χ0v) is 8.10. The van der Waals surface area contributed by atoms with Crippen LogP contribution in [-0.4, -0.2) is 13.2 Å². The van der Waals surface area contributed by atoms with Crippen molar-refractivity contribution in [3.63, 3.8) is 0 Å². The van der Waals surface area contributed by atoms with E-state index in [-0.39, 0.29) is 0 Å². The molecule has 0 saturated carbocycles. The van der Waals surface area contributed by atoms with Gasteiger partial charge in [0.25, 0.3) is 0 Å². The topological polar surface area (TPSA) is 9.23 Å². The van der Waals surface area contributed by atoms with Crippen molar-refractivity contribution in [2.75, 3.05) is 13.2 Å². The molecule has 0 aromatic rings. The van der Waals surface area contributed by atoms with Gasteiger partial charge in [-0.15, -0.1) is 0 Å². The maximum atomic E-state index is 5.30. The highest BCUT2D eigenvalue weighted by Crippen LogP contribution is 2.02. The molecule has 0 heterocycles. The van der Waals surface area contributed by atoms with E-state index in [2.05, 4.69) is 13.8 Å². The Bertz CT molecular complexity index is 99.7. The molecule has 0 aliphatic heterocycles. The van der Waals surface area contributed by atoms with Crippen molar-refractivity contribution in [1.82, 2.24) is 0 Å². The number of hydrogen-bond acceptors (Lipinski definition) is 1. The van der Waals surface area contributed by atoms with Gasteiger partial charge in [0.1, 0.15) is 0 Å². The Morgan fingerprint density at radius 1 is 1.45 bits per heavy atom. The maximum absolute atomic E-state index is 5.30. The van der Waals surface area contributed by atoms with Gasteiger partial charge in [0.2, 0.25) is 0 Å². The Morgan fingerprint density at radius 3 is 2.73 bits per heavy atom. The zero-order chi connectivity index (χ0) is 8.53. The minimum atomic E-state index is 0.640. The van der Waals surface area contributed by atoms with Crippen LogP contribution in [0.2, 0.25) is 0 Å². The molecule has 0 radical (unpaired) electrons. The second-order valence-electron chi connectivity index (χ2n) is 2.97. The fraction of sp³-hybridized carbons (Fsp3) is 0.778. The minimum Gasteiger partial charge on any atom is -0.377 e. The first kappa shape index (κ1) is 11.0. The van der Waals surface area contributed by atoms with Gasteiger partial charge < -0.3 is 4.74 Å². The monoisotopic (exact) mass is 176 g/mol. The molecule has 2 heteroatoms. The molecule has 0 saturated heterocycles. The van der Waals surface area contributed by atoms with E-state index >= 15 is 0 Å². The molecule has 66 valence electrons. The Morgan fingerprint density at radius 2 is 2.18 bits per heavy atom. The Kier molecular flexibility index (Phi) is 8.08. The summed E-state index contributed by atoms with van der Waals surface area (Å²) in [7, 11) is 0. The second-order valence-corrected chi connectivity index (χ2v) is 3.22. The average Bonchev–Trinajstić information content (AvgIpc) is 1.96. The average molecular weight is 177 g/mol. The van der Waals surface area contributed by atoms with E-state index < -0.39 is 0 Å². The van der Waals surface area contributed by atoms with E-state index in [0.717, 1.165) is 18.9 Å². The molecular formula is C9H17ClO. The van der Waals surface area contributed by atoms with Crippen LogP contribution in [0.15, 0.2) is 11.6 Å². The van der Waals surface area contributed by atoms with Gasteiger partial charge in [0.05, 0.1) is 6.61 Å². The lowest BCUT2D eigenvalue weighted by molar-refractivity contribution is 0.155. The largest absolute Gasteiger partial charge is 0.377 e. The summed E-state index contributed by atoms with van der Waals surface area (Å²) in [6.45, 7) is 5.93. The van der Waals surface area contributed by atoms with E-state index in [1.54, 1.807) is 6.08 Å². The van der Waals surface area contributed by atoms with Gasteiger partial charge in [-0.1, -0.05) is 25.4 Å². The normalized spacial score (nSPS) is 11.6. The summed E-state index contributed by atoms with van der Waals surface area (Å²) in [5.74, 6) is 0.780. The van der Waals surface area contributed by atoms with Crippen molar-refractivity contribution in [3.8, 4) is 0 Å². The molecule has 0 spiro atoms. The third kappa shape index (κ3) is 9.99. The highest BCUT2D eigenvalue weighted by Gasteiger charge is 1.92. The molecule has 0 atom stereocenters. The summed E-state index contributed by atoms with van der Waals surface area (Å²) in [5.41, 5.74) is 1.49. The van der Waals surface area contributed by atoms with E-state index in [9.17, 15) is 0 Å². The quantitative estimate of drug-likeness (QED) is 0.565. The lowest BCUT2D eigenvalue weighted by atomic mass is 10.1. The van der Waals surface area contributed by atoms with Crippen LogP contribution in [-0.2, 0) is 4.74 Å². The summed E-state index contributed by atoms with van der Waals surface area (Å²) in [6, 6.07) is 0. The number of hydrogen-bond donors (Lipinski definition) is 0. The van der Waals surface area contributed by atoms with Gasteiger partial charge in [-0.25, -0.2) is 0 Å². The molecule has 0 aliphatic rings. The van der Waals surface area contributed by atoms with Crippen LogP contribution in [0.25, 0.3) is 0 Å². The predicted octanol–water partition coefficient (Wildman–Crippen LogP) is 3.19. The molecule has 0 aromatic carbocycles. The van der Waals surface area contributed by atoms with Crippen molar-refractivity contribution in [2.45, 2.75) is 26.7 Å². The smallest absolute Gasteiger partial charge is 0.0658 e. The molecule has 0 bridgehead atoms. The first-order valence-corrected chi connectivity index (χ1v) is 4.54. The Balaban J connectivity index is 2.91. The predicted molar refractivity (Wildman–Crippen MR) is 49.9 cm³/mol. The molecular weight excluding hydrogens is 160 g/mol. The van der Waals surface area contributed by atoms with Crippen LogP contribution in [0.4, 0.5) is 0 Å². The summed E-state index contributed by atoms with van der Waals surface area (Å²) in [5, 5.41) is 0. The summed E-state index contributed by atoms with van der Waals surface area (Å²) in [6.07, 6.45) is 4.19. The van der Waals surface area contributed by atoms with Crippen LogP contribution >= 0.6 is 11.6 Å². The van der Waals surface area contributed by atoms with E-state index in [1.165, 1.54) is 12.0 Å². The SMILES string of the molecule is CC(C)CCCOC/C=C/Cl. The van der Waals surface area contributed by atoms with Gasteiger partial charge in [0, 0.05) is 12.1 Å². The zero-order valence-electron chi connectivity index (χ0n) is 7.35. The van der Waals surface area contributed by atoms with Crippen molar-refractivity contribution in [1.29, 1.82) is 0 Å². The van der Waals surface area contributed by atoms with Crippen molar-refractivity contribution < 1.29 is 4.74 Å². The van der Waals surface area contributed by atoms with E-state index in [0.29, 0.717) is 6.61 Å². The third-order valence-electron chi connectivity index (χ3n) is 1.37. The van der Waals surface area contributed by atoms with Crippen LogP contribution < -0.4 is 0 Å². The number of rotatable bonds is 6. The lowest BCUT2D eigenvalue weighted by Gasteiger charge is -2.03. The Labute approximate surface area is 74.4 Å². The lowest BCUT2D eigenvalue weighted by Crippen LogP contribution is -1.96. The molecule has 0 fully saturated rings. The first-order valence-electron chi connectivity index (χ1n) is 4.10. The molecule has 0 unspecified atom stereocenters. The van der Waals surface area contributed by atoms with Crippen LogP contribution in [0.3, 0.4) is 0 Å². The van der Waals surface area contributed by atoms with Crippen molar-refractivity contribution >= 4 is 11.6 Å². The summed E-state index contributed by atoms with van der Waals surface area (Å²) < 4.78 is 5.25. The summed E-state index contributed by atoms with van der Waals surface area (Å²) in [4.78, 5) is 0. The summed E-state index contributed by atoms with van der Waals surface area (Å²) >= 11 is 5.30. The van der Waals surface area contributed by atoms with Gasteiger partial charge in [-0.05, 0) is 24.8 Å². The molecule has 0 amide bonds. The number of halogens is 1. The fourth-order valence-electron chi connectivity index (χ4n) is 0.781. The van der Waals surface area contributed by atoms with E-state index in [1.807, 2.05) is 0 Å². The molecule has 0 N–H and O–H groups in total. The van der Waals surface area contributed by atoms with Crippen LogP contribution in [0.1, 0.15) is 26.7 Å². The minimum absolute atomic E-state index is 0.640. The molecule has 1 nitrogen and oxygen atoms in total. The third-order valence-corrected chi connectivity index (χ3v) is 1.55. The fourth-order valence-corrected chi connectivity index (χ4v) is 0.854. The van der Waals surface area contributed by atoms with Gasteiger partial charge in [-0.2, -0.15) is 0 Å². The second kappa shape index (κ2) is 8.09. The maximum Gasteiger partial charge on any atom is 0.0658 e. The van der Waals surface area contributed by atoms with Crippen molar-refractivity contribution in [3.05, 3.63) is 11.6 Å².